The van der Waals surface area contributed by atoms with E-state index in [0.29, 0.717) is 16.9 Å². The summed E-state index contributed by atoms with van der Waals surface area (Å²) < 4.78 is 41.2. The Labute approximate surface area is 298 Å². The maximum Gasteiger partial charge on any atom is 0.404 e. The average molecular weight is 727 g/mol. The third-order valence-electron chi connectivity index (χ3n) is 9.78. The first-order chi connectivity index (χ1) is 25.0. The fourth-order valence-electron chi connectivity index (χ4n) is 7.48. The Morgan fingerprint density at radius 1 is 0.962 bits per heavy atom. The quantitative estimate of drug-likeness (QED) is 0.121. The van der Waals surface area contributed by atoms with Crippen LogP contribution in [0, 0.1) is 5.92 Å². The molecule has 0 aromatic heterocycles. The van der Waals surface area contributed by atoms with Gasteiger partial charge in [0.25, 0.3) is 6.29 Å². The number of rotatable bonds is 13. The van der Waals surface area contributed by atoms with Gasteiger partial charge >= 0.3 is 6.09 Å². The minimum atomic E-state index is -2.33. The zero-order valence-electron chi connectivity index (χ0n) is 28.6. The van der Waals surface area contributed by atoms with Crippen LogP contribution in [-0.4, -0.2) is 116 Å². The van der Waals surface area contributed by atoms with Gasteiger partial charge in [-0.05, 0) is 23.3 Å². The second-order valence-corrected chi connectivity index (χ2v) is 12.6. The van der Waals surface area contributed by atoms with E-state index in [1.165, 1.54) is 33.5 Å². The Kier molecular flexibility index (Phi) is 10.8. The molecule has 280 valence electrons. The molecule has 1 unspecified atom stereocenters. The smallest absolute Gasteiger partial charge is 0.404 e. The van der Waals surface area contributed by atoms with Crippen molar-refractivity contribution in [3.05, 3.63) is 83.4 Å². The average Bonchev–Trinajstić information content (AvgIpc) is 3.54. The number of aliphatic hydroxyl groups is 4. The normalized spacial score (nSPS) is 29.6. The highest BCUT2D eigenvalue weighted by atomic mass is 16.8. The second-order valence-electron chi connectivity index (χ2n) is 12.6. The number of hydrogen-bond donors (Lipinski definition) is 7. The van der Waals surface area contributed by atoms with Crippen LogP contribution in [0.1, 0.15) is 22.6 Å². The molecule has 3 aromatic carbocycles. The Balaban J connectivity index is 1.49. The molecule has 0 bridgehead atoms. The van der Waals surface area contributed by atoms with Gasteiger partial charge < -0.3 is 69.3 Å². The largest absolute Gasteiger partial charge is 0.497 e. The molecule has 1 aliphatic carbocycles. The summed E-state index contributed by atoms with van der Waals surface area (Å²) in [5.74, 6) is -2.27. The highest BCUT2D eigenvalue weighted by Crippen LogP contribution is 2.70. The molecule has 1 saturated carbocycles. The molecular formula is C36H42N2O14. The molecule has 3 aromatic rings. The van der Waals surface area contributed by atoms with Crippen molar-refractivity contribution in [1.82, 2.24) is 10.6 Å². The Bertz CT molecular complexity index is 1730. The van der Waals surface area contributed by atoms with Crippen LogP contribution in [0.25, 0.3) is 0 Å². The van der Waals surface area contributed by atoms with Gasteiger partial charge in [-0.25, -0.2) is 4.79 Å². The molecule has 2 aliphatic heterocycles. The van der Waals surface area contributed by atoms with Gasteiger partial charge in [0.1, 0.15) is 41.3 Å². The summed E-state index contributed by atoms with van der Waals surface area (Å²) in [6.07, 6.45) is -7.50. The van der Waals surface area contributed by atoms with Gasteiger partial charge in [0, 0.05) is 38.2 Å². The van der Waals surface area contributed by atoms with E-state index in [4.69, 9.17) is 38.3 Å². The molecule has 52 heavy (non-hydrogen) atoms. The Hall–Kier alpha value is -4.68. The van der Waals surface area contributed by atoms with Gasteiger partial charge in [-0.2, -0.15) is 0 Å². The van der Waals surface area contributed by atoms with Crippen molar-refractivity contribution < 1.29 is 68.3 Å². The van der Waals surface area contributed by atoms with E-state index in [0.717, 1.165) is 0 Å². The highest BCUT2D eigenvalue weighted by Gasteiger charge is 2.78. The van der Waals surface area contributed by atoms with E-state index >= 15 is 0 Å². The standard InChI is InChI=1S/C36H42N2O14/c1-46-21-11-9-20(10-12-21)36-28(19-7-5-4-6-8-19)27(31(42)37-13-14-38-34(43)44)30(41)35(36,45)29-24(47-2)15-22(16-25(29)52-36)50-33-32(48-3)49-18-26(51-33)23(40)17-39/h4-12,15-16,23,26-28,30,32-33,38-41,45H,13-14,17-18H2,1-3H3,(H,37,42)(H,43,44)/t23?,26-,27-,28-,30-,32-,33-,35+,36+/m1/s1. The van der Waals surface area contributed by atoms with E-state index < -0.39 is 72.5 Å². The number of amides is 2. The molecule has 16 heteroatoms. The van der Waals surface area contributed by atoms with Crippen LogP contribution in [0.15, 0.2) is 66.7 Å². The number of aliphatic hydroxyl groups excluding tert-OH is 3. The van der Waals surface area contributed by atoms with E-state index in [2.05, 4.69) is 10.6 Å². The first kappa shape index (κ1) is 37.1. The second kappa shape index (κ2) is 15.1. The molecule has 2 amide bonds. The molecule has 2 fully saturated rings. The Morgan fingerprint density at radius 3 is 2.31 bits per heavy atom. The number of carboxylic acid groups (broad SMARTS) is 1. The summed E-state index contributed by atoms with van der Waals surface area (Å²) >= 11 is 0. The van der Waals surface area contributed by atoms with Crippen LogP contribution in [0.3, 0.4) is 0 Å². The zero-order chi connectivity index (χ0) is 37.2. The van der Waals surface area contributed by atoms with Gasteiger partial charge in [-0.15, -0.1) is 0 Å². The highest BCUT2D eigenvalue weighted by molar-refractivity contribution is 5.83. The number of nitrogens with one attached hydrogen (secondary N) is 2. The van der Waals surface area contributed by atoms with Crippen molar-refractivity contribution in [2.75, 3.05) is 47.6 Å². The molecule has 1 saturated heterocycles. The van der Waals surface area contributed by atoms with Crippen LogP contribution >= 0.6 is 0 Å². The topological polar surface area (TPSA) is 224 Å². The van der Waals surface area contributed by atoms with Crippen molar-refractivity contribution in [1.29, 1.82) is 0 Å². The van der Waals surface area contributed by atoms with Gasteiger partial charge in [0.15, 0.2) is 11.2 Å². The van der Waals surface area contributed by atoms with Gasteiger partial charge in [-0.1, -0.05) is 42.5 Å². The number of ether oxygens (including phenoxy) is 7. The lowest BCUT2D eigenvalue weighted by Gasteiger charge is -2.40. The summed E-state index contributed by atoms with van der Waals surface area (Å²) in [4.78, 5) is 25.1. The zero-order valence-corrected chi connectivity index (χ0v) is 28.6. The fourth-order valence-corrected chi connectivity index (χ4v) is 7.48. The van der Waals surface area contributed by atoms with Crippen LogP contribution in [0.4, 0.5) is 4.79 Å². The Morgan fingerprint density at radius 2 is 1.67 bits per heavy atom. The first-order valence-corrected chi connectivity index (χ1v) is 16.5. The van der Waals surface area contributed by atoms with Crippen molar-refractivity contribution in [3.63, 3.8) is 0 Å². The predicted molar refractivity (Wildman–Crippen MR) is 179 cm³/mol. The summed E-state index contributed by atoms with van der Waals surface area (Å²) in [6, 6.07) is 18.5. The minimum absolute atomic E-state index is 0.0422. The summed E-state index contributed by atoms with van der Waals surface area (Å²) in [7, 11) is 4.25. The summed E-state index contributed by atoms with van der Waals surface area (Å²) in [5, 5.41) is 59.1. The lowest BCUT2D eigenvalue weighted by atomic mass is 9.70. The number of carbonyl (C=O) groups excluding carboxylic acids is 1. The summed E-state index contributed by atoms with van der Waals surface area (Å²) in [6.45, 7) is -0.828. The molecule has 6 rings (SSSR count). The molecule has 9 atom stereocenters. The van der Waals surface area contributed by atoms with Crippen molar-refractivity contribution >= 4 is 12.0 Å². The minimum Gasteiger partial charge on any atom is -0.497 e. The monoisotopic (exact) mass is 726 g/mol. The maximum atomic E-state index is 14.1. The molecule has 2 heterocycles. The van der Waals surface area contributed by atoms with Crippen LogP contribution in [0.5, 0.6) is 23.0 Å². The number of methoxy groups -OCH3 is 3. The van der Waals surface area contributed by atoms with Gasteiger partial charge in [-0.3, -0.25) is 4.79 Å². The molecule has 3 aliphatic rings. The number of carbonyl (C=O) groups is 2. The van der Waals surface area contributed by atoms with Crippen LogP contribution < -0.4 is 29.6 Å². The van der Waals surface area contributed by atoms with Gasteiger partial charge in [0.05, 0.1) is 38.9 Å². The van der Waals surface area contributed by atoms with Crippen molar-refractivity contribution in [2.45, 2.75) is 48.0 Å². The van der Waals surface area contributed by atoms with Crippen molar-refractivity contribution in [2.24, 2.45) is 5.92 Å². The fraction of sp³-hybridized carbons (Fsp3) is 0.444. The third kappa shape index (κ3) is 6.25. The SMILES string of the molecule is COc1ccc([C@@]23Oc4cc(O[C@@H]5O[C@@H](C(O)CO)CO[C@H]5OC)cc(OC)c4[C@]2(O)[C@H](O)[C@H](C(=O)NCCNC(=O)O)[C@H]3c2ccccc2)cc1. The van der Waals surface area contributed by atoms with E-state index in [-0.39, 0.29) is 42.5 Å². The van der Waals surface area contributed by atoms with E-state index in [9.17, 15) is 30.0 Å². The molecule has 0 radical (unpaired) electrons. The van der Waals surface area contributed by atoms with Crippen molar-refractivity contribution in [3.8, 4) is 23.0 Å². The number of benzene rings is 3. The lowest BCUT2D eigenvalue weighted by Crippen LogP contribution is -2.52. The van der Waals surface area contributed by atoms with Crippen LogP contribution in [0.2, 0.25) is 0 Å². The summed E-state index contributed by atoms with van der Waals surface area (Å²) in [5.41, 5.74) is -3.20. The molecule has 16 nitrogen and oxygen atoms in total. The number of hydrogen-bond acceptors (Lipinski definition) is 13. The van der Waals surface area contributed by atoms with E-state index in [1.54, 1.807) is 54.6 Å². The third-order valence-corrected chi connectivity index (χ3v) is 9.78. The first-order valence-electron chi connectivity index (χ1n) is 16.5. The molecule has 7 N–H and O–H groups in total. The molecule has 0 spiro atoms. The number of fused-ring (bicyclic) bond motifs is 3. The van der Waals surface area contributed by atoms with E-state index in [1.807, 2.05) is 0 Å². The predicted octanol–water partition coefficient (Wildman–Crippen LogP) is 0.784. The maximum absolute atomic E-state index is 14.1. The van der Waals surface area contributed by atoms with Crippen LogP contribution in [-0.2, 0) is 30.2 Å². The lowest BCUT2D eigenvalue weighted by molar-refractivity contribution is -0.324. The molecular weight excluding hydrogens is 684 g/mol. The van der Waals surface area contributed by atoms with Gasteiger partial charge in [0.2, 0.25) is 12.2 Å².